The molecule has 1 rings (SSSR count). The molecule has 4 heteroatoms. The van der Waals surface area contributed by atoms with E-state index in [9.17, 15) is 4.79 Å². The monoisotopic (exact) mass is 255 g/mol. The zero-order valence-corrected chi connectivity index (χ0v) is 9.97. The van der Waals surface area contributed by atoms with E-state index in [2.05, 4.69) is 32.3 Å². The van der Waals surface area contributed by atoms with Crippen LogP contribution in [0.25, 0.3) is 0 Å². The van der Waals surface area contributed by atoms with Crippen molar-refractivity contribution >= 4 is 27.7 Å². The fourth-order valence-electron chi connectivity index (χ4n) is 0.725. The van der Waals surface area contributed by atoms with E-state index < -0.39 is 5.41 Å². The van der Waals surface area contributed by atoms with E-state index in [4.69, 9.17) is 0 Å². The first-order valence-electron chi connectivity index (χ1n) is 4.25. The van der Waals surface area contributed by atoms with Crippen molar-refractivity contribution in [1.82, 2.24) is 4.98 Å². The van der Waals surface area contributed by atoms with E-state index in [1.165, 1.54) is 0 Å². The lowest BCUT2D eigenvalue weighted by atomic mass is 9.96. The van der Waals surface area contributed by atoms with Gasteiger partial charge in [-0.15, -0.1) is 0 Å². The minimum Gasteiger partial charge on any atom is -0.310 e. The molecule has 1 N–H and O–H groups in total. The van der Waals surface area contributed by atoms with Crippen LogP contribution in [0.5, 0.6) is 0 Å². The third-order valence-electron chi connectivity index (χ3n) is 1.57. The van der Waals surface area contributed by atoms with Gasteiger partial charge in [0.2, 0.25) is 5.91 Å². The van der Waals surface area contributed by atoms with Crippen molar-refractivity contribution < 1.29 is 4.79 Å². The summed E-state index contributed by atoms with van der Waals surface area (Å²) in [5.41, 5.74) is -0.419. The van der Waals surface area contributed by atoms with Crippen LogP contribution in [0.2, 0.25) is 0 Å². The Labute approximate surface area is 92.1 Å². The lowest BCUT2D eigenvalue weighted by Crippen LogP contribution is -2.28. The summed E-state index contributed by atoms with van der Waals surface area (Å²) >= 11 is 3.22. The average molecular weight is 256 g/mol. The molecule has 0 bridgehead atoms. The van der Waals surface area contributed by atoms with E-state index in [-0.39, 0.29) is 5.91 Å². The van der Waals surface area contributed by atoms with Gasteiger partial charge in [-0.3, -0.25) is 4.79 Å². The van der Waals surface area contributed by atoms with Gasteiger partial charge in [0.1, 0.15) is 10.4 Å². The minimum atomic E-state index is -0.419. The number of pyridine rings is 1. The number of carbonyl (C=O) groups is 1. The molecule has 75 valence electrons. The molecule has 0 saturated carbocycles. The zero-order chi connectivity index (χ0) is 10.8. The van der Waals surface area contributed by atoms with E-state index in [1.54, 1.807) is 12.1 Å². The van der Waals surface area contributed by atoms with Crippen molar-refractivity contribution in [1.29, 1.82) is 0 Å². The van der Waals surface area contributed by atoms with Crippen molar-refractivity contribution in [2.45, 2.75) is 20.8 Å². The van der Waals surface area contributed by atoms with Crippen LogP contribution in [0.3, 0.4) is 0 Å². The number of nitrogens with one attached hydrogen (secondary N) is 1. The third kappa shape index (κ3) is 3.10. The van der Waals surface area contributed by atoms with Gasteiger partial charge in [0.15, 0.2) is 0 Å². The highest BCUT2D eigenvalue weighted by atomic mass is 79.9. The predicted molar refractivity (Wildman–Crippen MR) is 58.9 cm³/mol. The fourth-order valence-corrected chi connectivity index (χ4v) is 1.03. The molecule has 1 aromatic rings. The van der Waals surface area contributed by atoms with Gasteiger partial charge in [-0.1, -0.05) is 20.8 Å². The first-order valence-corrected chi connectivity index (χ1v) is 5.04. The van der Waals surface area contributed by atoms with Crippen LogP contribution in [0, 0.1) is 11.5 Å². The number of rotatable bonds is 1. The molecule has 0 fully saturated rings. The van der Waals surface area contributed by atoms with Crippen LogP contribution in [-0.4, -0.2) is 10.9 Å². The standard InChI is InChI=1S/C10H12BrN2O/c1-10(2,3)9(14)13-8-6-4-5-7(11)12-8/h4-5H,1-3H3,(H,12,13,14). The summed E-state index contributed by atoms with van der Waals surface area (Å²) in [5, 5.41) is 2.69. The lowest BCUT2D eigenvalue weighted by Gasteiger charge is -2.16. The minimum absolute atomic E-state index is 0.0700. The van der Waals surface area contributed by atoms with Crippen LogP contribution < -0.4 is 5.32 Å². The summed E-state index contributed by atoms with van der Waals surface area (Å²) < 4.78 is 0.681. The van der Waals surface area contributed by atoms with Gasteiger partial charge < -0.3 is 5.32 Å². The van der Waals surface area contributed by atoms with Gasteiger partial charge in [0.25, 0.3) is 0 Å². The highest BCUT2D eigenvalue weighted by Gasteiger charge is 2.21. The second kappa shape index (κ2) is 4.09. The largest absolute Gasteiger partial charge is 0.310 e. The molecule has 1 heterocycles. The molecule has 1 aromatic heterocycles. The van der Waals surface area contributed by atoms with Crippen molar-refractivity contribution in [2.24, 2.45) is 5.41 Å². The van der Waals surface area contributed by atoms with Crippen LogP contribution in [-0.2, 0) is 4.79 Å². The Balaban J connectivity index is 2.75. The lowest BCUT2D eigenvalue weighted by molar-refractivity contribution is -0.123. The number of anilines is 1. The van der Waals surface area contributed by atoms with Gasteiger partial charge in [-0.05, 0) is 28.1 Å². The Morgan fingerprint density at radius 2 is 2.21 bits per heavy atom. The number of hydrogen-bond acceptors (Lipinski definition) is 2. The van der Waals surface area contributed by atoms with Crippen molar-refractivity contribution in [3.05, 3.63) is 22.8 Å². The summed E-state index contributed by atoms with van der Waals surface area (Å²) in [6, 6.07) is 6.30. The second-order valence-electron chi connectivity index (χ2n) is 3.96. The van der Waals surface area contributed by atoms with E-state index >= 15 is 0 Å². The quantitative estimate of drug-likeness (QED) is 0.785. The number of aromatic nitrogens is 1. The molecule has 3 nitrogen and oxygen atoms in total. The van der Waals surface area contributed by atoms with Crippen molar-refractivity contribution in [3.8, 4) is 0 Å². The van der Waals surface area contributed by atoms with Crippen LogP contribution in [0.4, 0.5) is 5.82 Å². The Hall–Kier alpha value is -0.900. The summed E-state index contributed by atoms with van der Waals surface area (Å²) in [4.78, 5) is 15.6. The molecule has 0 aliphatic rings. The molecule has 0 spiro atoms. The topological polar surface area (TPSA) is 42.0 Å². The molecule has 0 aliphatic heterocycles. The van der Waals surface area contributed by atoms with Crippen molar-refractivity contribution in [2.75, 3.05) is 5.32 Å². The Kier molecular flexibility index (Phi) is 3.26. The molecular weight excluding hydrogens is 244 g/mol. The predicted octanol–water partition coefficient (Wildman–Crippen LogP) is 2.63. The zero-order valence-electron chi connectivity index (χ0n) is 8.39. The molecule has 14 heavy (non-hydrogen) atoms. The van der Waals surface area contributed by atoms with E-state index in [0.717, 1.165) is 0 Å². The SMILES string of the molecule is CC(C)(C)C(=O)Nc1[c]ccc(Br)n1. The van der Waals surface area contributed by atoms with Crippen LogP contribution in [0.1, 0.15) is 20.8 Å². The molecule has 0 saturated heterocycles. The molecule has 1 radical (unpaired) electrons. The normalized spacial score (nSPS) is 11.1. The third-order valence-corrected chi connectivity index (χ3v) is 2.01. The summed E-state index contributed by atoms with van der Waals surface area (Å²) in [7, 11) is 0. The Bertz CT molecular complexity index is 344. The van der Waals surface area contributed by atoms with Gasteiger partial charge in [-0.2, -0.15) is 0 Å². The average Bonchev–Trinajstić information content (AvgIpc) is 2.02. The van der Waals surface area contributed by atoms with Crippen LogP contribution >= 0.6 is 15.9 Å². The summed E-state index contributed by atoms with van der Waals surface area (Å²) in [5.74, 6) is 0.374. The number of hydrogen-bond donors (Lipinski definition) is 1. The second-order valence-corrected chi connectivity index (χ2v) is 4.78. The first kappa shape index (κ1) is 11.2. The van der Waals surface area contributed by atoms with Gasteiger partial charge in [0, 0.05) is 11.5 Å². The number of halogens is 1. The van der Waals surface area contributed by atoms with Gasteiger partial charge >= 0.3 is 0 Å². The van der Waals surface area contributed by atoms with Crippen LogP contribution in [0.15, 0.2) is 16.7 Å². The highest BCUT2D eigenvalue weighted by molar-refractivity contribution is 9.10. The number of nitrogens with zero attached hydrogens (tertiary/aromatic N) is 1. The fraction of sp³-hybridized carbons (Fsp3) is 0.400. The molecular formula is C10H12BrN2O. The summed E-state index contributed by atoms with van der Waals surface area (Å²) in [6.45, 7) is 5.54. The van der Waals surface area contributed by atoms with E-state index in [1.807, 2.05) is 20.8 Å². The van der Waals surface area contributed by atoms with E-state index in [0.29, 0.717) is 10.4 Å². The van der Waals surface area contributed by atoms with Crippen molar-refractivity contribution in [3.63, 3.8) is 0 Å². The molecule has 0 aromatic carbocycles. The number of carbonyl (C=O) groups excluding carboxylic acids is 1. The molecule has 0 unspecified atom stereocenters. The molecule has 0 aliphatic carbocycles. The Morgan fingerprint density at radius 3 is 2.71 bits per heavy atom. The first-order chi connectivity index (χ1) is 6.39. The van der Waals surface area contributed by atoms with Gasteiger partial charge in [0.05, 0.1) is 0 Å². The molecule has 1 amide bonds. The number of amides is 1. The summed E-state index contributed by atoms with van der Waals surface area (Å²) in [6.07, 6.45) is 0. The Morgan fingerprint density at radius 1 is 1.57 bits per heavy atom. The van der Waals surface area contributed by atoms with Gasteiger partial charge in [-0.25, -0.2) is 4.98 Å². The maximum atomic E-state index is 11.6. The maximum Gasteiger partial charge on any atom is 0.230 e. The smallest absolute Gasteiger partial charge is 0.230 e. The molecule has 0 atom stereocenters. The highest BCUT2D eigenvalue weighted by Crippen LogP contribution is 2.16. The maximum absolute atomic E-state index is 11.6.